The van der Waals surface area contributed by atoms with Gasteiger partial charge in [-0.15, -0.1) is 0 Å². The first kappa shape index (κ1) is 27.0. The predicted octanol–water partition coefficient (Wildman–Crippen LogP) is 10.1. The number of hydrogen-bond donors (Lipinski definition) is 0. The topological polar surface area (TPSA) is 26.3 Å². The van der Waals surface area contributed by atoms with Crippen LogP contribution in [0.1, 0.15) is 102 Å². The van der Waals surface area contributed by atoms with E-state index in [1.807, 2.05) is 12.1 Å². The summed E-state index contributed by atoms with van der Waals surface area (Å²) in [5, 5.41) is 4.70. The Balaban J connectivity index is 1.28. The molecule has 3 rings (SSSR count). The molecule has 0 aliphatic heterocycles. The van der Waals surface area contributed by atoms with Crippen molar-refractivity contribution in [2.75, 3.05) is 0 Å². The molecule has 0 aromatic heterocycles. The Bertz CT molecular complexity index is 995. The number of benzene rings is 3. The zero-order valence-electron chi connectivity index (χ0n) is 21.8. The van der Waals surface area contributed by atoms with E-state index in [2.05, 4.69) is 61.5 Å². The molecule has 0 amide bonds. The molecule has 0 bridgehead atoms. The highest BCUT2D eigenvalue weighted by Crippen LogP contribution is 2.29. The molecule has 0 atom stereocenters. The van der Waals surface area contributed by atoms with Crippen LogP contribution in [-0.2, 0) is 16.1 Å². The molecule has 0 saturated carbocycles. The molecule has 0 spiro atoms. The van der Waals surface area contributed by atoms with E-state index >= 15 is 0 Å². The van der Waals surface area contributed by atoms with Gasteiger partial charge in [0.2, 0.25) is 0 Å². The molecule has 2 heteroatoms. The zero-order valence-corrected chi connectivity index (χ0v) is 21.8. The molecular weight excluding hydrogens is 428 g/mol. The standard InChI is InChI=1S/C33H44O2/c1-2-3-4-5-6-7-8-9-10-11-12-13-14-15-16-25-33(34)35-27-32-30-23-19-17-21-28(30)26-29-22-18-20-24-31(29)32/h12-13,17-24,26H,2-11,14-16,25,27H2,1H3/b13-12-. The summed E-state index contributed by atoms with van der Waals surface area (Å²) in [7, 11) is 0. The summed E-state index contributed by atoms with van der Waals surface area (Å²) in [6.45, 7) is 2.61. The average Bonchev–Trinajstić information content (AvgIpc) is 2.88. The van der Waals surface area contributed by atoms with E-state index in [4.69, 9.17) is 4.74 Å². The number of esters is 1. The van der Waals surface area contributed by atoms with Crippen LogP contribution in [0.3, 0.4) is 0 Å². The highest BCUT2D eigenvalue weighted by molar-refractivity contribution is 6.02. The number of ether oxygens (including phenoxy) is 1. The number of carbonyl (C=O) groups excluding carboxylic acids is 1. The summed E-state index contributed by atoms with van der Waals surface area (Å²) in [6, 6.07) is 18.9. The smallest absolute Gasteiger partial charge is 0.306 e. The second kappa shape index (κ2) is 16.1. The minimum absolute atomic E-state index is 0.0966. The SMILES string of the molecule is CCCCCCCCCCC/C=C\CCCCC(=O)OCc1c2ccccc2cc2ccccc12. The Labute approximate surface area is 212 Å². The van der Waals surface area contributed by atoms with Crippen LogP contribution in [0.4, 0.5) is 0 Å². The Hall–Kier alpha value is -2.61. The van der Waals surface area contributed by atoms with Crippen molar-refractivity contribution >= 4 is 27.5 Å². The van der Waals surface area contributed by atoms with Gasteiger partial charge < -0.3 is 4.74 Å². The van der Waals surface area contributed by atoms with Crippen molar-refractivity contribution in [3.63, 3.8) is 0 Å². The van der Waals surface area contributed by atoms with Crippen molar-refractivity contribution in [2.45, 2.75) is 103 Å². The van der Waals surface area contributed by atoms with E-state index in [0.29, 0.717) is 13.0 Å². The lowest BCUT2D eigenvalue weighted by Crippen LogP contribution is -2.05. The Morgan fingerprint density at radius 1 is 0.686 bits per heavy atom. The van der Waals surface area contributed by atoms with Crippen molar-refractivity contribution in [1.82, 2.24) is 0 Å². The van der Waals surface area contributed by atoms with Gasteiger partial charge in [0.05, 0.1) is 0 Å². The van der Waals surface area contributed by atoms with E-state index in [1.54, 1.807) is 0 Å². The quantitative estimate of drug-likeness (QED) is 0.0845. The first-order chi connectivity index (χ1) is 17.3. The number of hydrogen-bond acceptors (Lipinski definition) is 2. The average molecular weight is 473 g/mol. The molecule has 2 nitrogen and oxygen atoms in total. The minimum Gasteiger partial charge on any atom is -0.461 e. The van der Waals surface area contributed by atoms with Crippen LogP contribution >= 0.6 is 0 Å². The van der Waals surface area contributed by atoms with Gasteiger partial charge in [-0.2, -0.15) is 0 Å². The molecule has 3 aromatic carbocycles. The fraction of sp³-hybridized carbons (Fsp3) is 0.485. The van der Waals surface area contributed by atoms with Gasteiger partial charge in [0.1, 0.15) is 6.61 Å². The van der Waals surface area contributed by atoms with Crippen molar-refractivity contribution in [3.8, 4) is 0 Å². The Morgan fingerprint density at radius 3 is 1.80 bits per heavy atom. The number of carbonyl (C=O) groups is 1. The van der Waals surface area contributed by atoms with E-state index < -0.39 is 0 Å². The molecule has 188 valence electrons. The second-order valence-electron chi connectivity index (χ2n) is 9.79. The lowest BCUT2D eigenvalue weighted by atomic mass is 9.97. The molecule has 0 heterocycles. The molecule has 35 heavy (non-hydrogen) atoms. The maximum atomic E-state index is 12.4. The first-order valence-corrected chi connectivity index (χ1v) is 14.0. The fourth-order valence-electron chi connectivity index (χ4n) is 4.83. The molecule has 0 fully saturated rings. The minimum atomic E-state index is -0.0966. The van der Waals surface area contributed by atoms with Crippen LogP contribution in [0.25, 0.3) is 21.5 Å². The summed E-state index contributed by atoms with van der Waals surface area (Å²) in [6.07, 6.45) is 21.7. The largest absolute Gasteiger partial charge is 0.461 e. The van der Waals surface area contributed by atoms with Crippen molar-refractivity contribution in [2.24, 2.45) is 0 Å². The normalized spacial score (nSPS) is 11.6. The summed E-state index contributed by atoms with van der Waals surface area (Å²) in [5.41, 5.74) is 1.10. The van der Waals surface area contributed by atoms with Crippen molar-refractivity contribution in [1.29, 1.82) is 0 Å². The van der Waals surface area contributed by atoms with Gasteiger partial charge >= 0.3 is 5.97 Å². The first-order valence-electron chi connectivity index (χ1n) is 14.0. The summed E-state index contributed by atoms with van der Waals surface area (Å²) in [5.74, 6) is -0.0966. The van der Waals surface area contributed by atoms with Gasteiger partial charge in [0, 0.05) is 12.0 Å². The van der Waals surface area contributed by atoms with E-state index in [1.165, 1.54) is 75.0 Å². The molecular formula is C33H44O2. The van der Waals surface area contributed by atoms with Crippen LogP contribution < -0.4 is 0 Å². The lowest BCUT2D eigenvalue weighted by Gasteiger charge is -2.12. The van der Waals surface area contributed by atoms with Gasteiger partial charge in [0.25, 0.3) is 0 Å². The van der Waals surface area contributed by atoms with Crippen LogP contribution in [0, 0.1) is 0 Å². The van der Waals surface area contributed by atoms with Crippen molar-refractivity contribution < 1.29 is 9.53 Å². The second-order valence-corrected chi connectivity index (χ2v) is 9.79. The van der Waals surface area contributed by atoms with Gasteiger partial charge in [-0.1, -0.05) is 119 Å². The van der Waals surface area contributed by atoms with Gasteiger partial charge in [0.15, 0.2) is 0 Å². The monoisotopic (exact) mass is 472 g/mol. The van der Waals surface area contributed by atoms with Crippen molar-refractivity contribution in [3.05, 3.63) is 72.3 Å². The van der Waals surface area contributed by atoms with E-state index in [9.17, 15) is 4.79 Å². The number of fused-ring (bicyclic) bond motifs is 2. The van der Waals surface area contributed by atoms with E-state index in [0.717, 1.165) is 35.6 Å². The number of allylic oxidation sites excluding steroid dienone is 2. The molecule has 0 saturated heterocycles. The fourth-order valence-corrected chi connectivity index (χ4v) is 4.83. The Morgan fingerprint density at radius 2 is 1.20 bits per heavy atom. The molecule has 3 aromatic rings. The van der Waals surface area contributed by atoms with E-state index in [-0.39, 0.29) is 5.97 Å². The van der Waals surface area contributed by atoms with Gasteiger partial charge in [-0.3, -0.25) is 4.79 Å². The van der Waals surface area contributed by atoms with Crippen LogP contribution in [-0.4, -0.2) is 5.97 Å². The van der Waals surface area contributed by atoms with Crippen LogP contribution in [0.15, 0.2) is 66.7 Å². The van der Waals surface area contributed by atoms with Crippen LogP contribution in [0.2, 0.25) is 0 Å². The third kappa shape index (κ3) is 9.51. The third-order valence-corrected chi connectivity index (χ3v) is 6.90. The van der Waals surface area contributed by atoms with Gasteiger partial charge in [-0.25, -0.2) is 0 Å². The predicted molar refractivity (Wildman–Crippen MR) is 151 cm³/mol. The summed E-state index contributed by atoms with van der Waals surface area (Å²) in [4.78, 5) is 12.4. The zero-order chi connectivity index (χ0) is 24.6. The highest BCUT2D eigenvalue weighted by Gasteiger charge is 2.10. The molecule has 0 N–H and O–H groups in total. The van der Waals surface area contributed by atoms with Crippen LogP contribution in [0.5, 0.6) is 0 Å². The number of unbranched alkanes of at least 4 members (excludes halogenated alkanes) is 11. The summed E-state index contributed by atoms with van der Waals surface area (Å²) < 4.78 is 5.71. The molecule has 0 aliphatic carbocycles. The van der Waals surface area contributed by atoms with Gasteiger partial charge in [-0.05, 0) is 59.7 Å². The maximum absolute atomic E-state index is 12.4. The third-order valence-electron chi connectivity index (χ3n) is 6.90. The summed E-state index contributed by atoms with van der Waals surface area (Å²) >= 11 is 0. The number of rotatable bonds is 17. The Kier molecular flexibility index (Phi) is 12.4. The lowest BCUT2D eigenvalue weighted by molar-refractivity contribution is -0.145. The molecule has 0 radical (unpaired) electrons. The molecule has 0 unspecified atom stereocenters. The maximum Gasteiger partial charge on any atom is 0.306 e. The molecule has 0 aliphatic rings. The highest BCUT2D eigenvalue weighted by atomic mass is 16.5.